The van der Waals surface area contributed by atoms with Gasteiger partial charge in [0.05, 0.1) is 0 Å². The van der Waals surface area contributed by atoms with Crippen molar-refractivity contribution in [3.8, 4) is 0 Å². The fourth-order valence-electron chi connectivity index (χ4n) is 1.39. The lowest BCUT2D eigenvalue weighted by Gasteiger charge is -1.95. The monoisotopic (exact) mass is 290 g/mol. The van der Waals surface area contributed by atoms with E-state index < -0.39 is 0 Å². The lowest BCUT2D eigenvalue weighted by molar-refractivity contribution is 1.70. The maximum atomic E-state index is 3.43. The molecule has 2 aromatic carbocycles. The van der Waals surface area contributed by atoms with Gasteiger partial charge in [-0.2, -0.15) is 11.3 Å². The summed E-state index contributed by atoms with van der Waals surface area (Å²) in [5.74, 6) is 0. The second kappa shape index (κ2) is 5.83. The van der Waals surface area contributed by atoms with Crippen LogP contribution in [0.3, 0.4) is 0 Å². The molecule has 1 aromatic heterocycles. The first-order chi connectivity index (χ1) is 7.86. The summed E-state index contributed by atoms with van der Waals surface area (Å²) in [7, 11) is 0. The Balaban J connectivity index is 0.000000162. The molecule has 0 fully saturated rings. The number of halogens is 1. The third kappa shape index (κ3) is 3.19. The summed E-state index contributed by atoms with van der Waals surface area (Å²) in [6.45, 7) is 0. The van der Waals surface area contributed by atoms with Gasteiger partial charge in [0, 0.05) is 4.47 Å². The van der Waals surface area contributed by atoms with Crippen molar-refractivity contribution < 1.29 is 0 Å². The molecule has 0 nitrogen and oxygen atoms in total. The highest BCUT2D eigenvalue weighted by molar-refractivity contribution is 9.10. The molecular weight excluding hydrogens is 280 g/mol. The van der Waals surface area contributed by atoms with Crippen LogP contribution in [0.2, 0.25) is 0 Å². The van der Waals surface area contributed by atoms with Crippen molar-refractivity contribution in [2.24, 2.45) is 0 Å². The first-order valence-corrected chi connectivity index (χ1v) is 6.71. The maximum Gasteiger partial charge on any atom is 0.0181 e. The molecule has 0 spiro atoms. The Labute approximate surface area is 108 Å². The Morgan fingerprint density at radius 2 is 1.44 bits per heavy atom. The molecular formula is C14H11BrS. The SMILES string of the molecule is Brc1ccc2ccccc2c1.c1ccsc1. The number of thiophene rings is 1. The number of hydrogen-bond donors (Lipinski definition) is 0. The van der Waals surface area contributed by atoms with Gasteiger partial charge in [0.2, 0.25) is 0 Å². The van der Waals surface area contributed by atoms with Crippen LogP contribution in [-0.4, -0.2) is 0 Å². The van der Waals surface area contributed by atoms with Crippen molar-refractivity contribution in [3.63, 3.8) is 0 Å². The minimum atomic E-state index is 1.14. The van der Waals surface area contributed by atoms with Crippen LogP contribution in [0.1, 0.15) is 0 Å². The third-order valence-electron chi connectivity index (χ3n) is 2.14. The van der Waals surface area contributed by atoms with Gasteiger partial charge in [0.25, 0.3) is 0 Å². The molecule has 2 heteroatoms. The number of rotatable bonds is 0. The summed E-state index contributed by atoms with van der Waals surface area (Å²) in [4.78, 5) is 0. The molecule has 80 valence electrons. The topological polar surface area (TPSA) is 0 Å². The third-order valence-corrected chi connectivity index (χ3v) is 3.26. The molecule has 0 amide bonds. The zero-order valence-electron chi connectivity index (χ0n) is 8.64. The highest BCUT2D eigenvalue weighted by Gasteiger charge is 1.90. The van der Waals surface area contributed by atoms with Crippen LogP contribution in [0.5, 0.6) is 0 Å². The average molecular weight is 291 g/mol. The predicted octanol–water partition coefficient (Wildman–Crippen LogP) is 5.35. The van der Waals surface area contributed by atoms with Gasteiger partial charge in [-0.05, 0) is 33.7 Å². The normalized spacial score (nSPS) is 9.56. The summed E-state index contributed by atoms with van der Waals surface area (Å²) in [5.41, 5.74) is 0. The van der Waals surface area contributed by atoms with Crippen LogP contribution in [0.4, 0.5) is 0 Å². The second-order valence-corrected chi connectivity index (χ2v) is 5.02. The van der Waals surface area contributed by atoms with E-state index in [2.05, 4.69) is 58.4 Å². The van der Waals surface area contributed by atoms with Crippen LogP contribution in [0.25, 0.3) is 10.8 Å². The molecule has 0 bridgehead atoms. The lowest BCUT2D eigenvalue weighted by atomic mass is 10.1. The zero-order valence-corrected chi connectivity index (χ0v) is 11.0. The molecule has 1 heterocycles. The van der Waals surface area contributed by atoms with E-state index in [1.54, 1.807) is 11.3 Å². The molecule has 0 atom stereocenters. The van der Waals surface area contributed by atoms with Crippen LogP contribution >= 0.6 is 27.3 Å². The van der Waals surface area contributed by atoms with Gasteiger partial charge in [-0.3, -0.25) is 0 Å². The van der Waals surface area contributed by atoms with Crippen molar-refractivity contribution in [1.82, 2.24) is 0 Å². The van der Waals surface area contributed by atoms with Gasteiger partial charge >= 0.3 is 0 Å². The molecule has 0 aliphatic heterocycles. The average Bonchev–Trinajstić information content (AvgIpc) is 2.87. The minimum Gasteiger partial charge on any atom is -0.152 e. The van der Waals surface area contributed by atoms with Gasteiger partial charge in [-0.1, -0.05) is 58.4 Å². The van der Waals surface area contributed by atoms with E-state index in [0.29, 0.717) is 0 Å². The fourth-order valence-corrected chi connectivity index (χ4v) is 2.22. The Morgan fingerprint density at radius 1 is 0.750 bits per heavy atom. The molecule has 0 N–H and O–H groups in total. The van der Waals surface area contributed by atoms with E-state index in [4.69, 9.17) is 0 Å². The molecule has 3 aromatic rings. The predicted molar refractivity (Wildman–Crippen MR) is 76.0 cm³/mol. The van der Waals surface area contributed by atoms with Gasteiger partial charge in [-0.25, -0.2) is 0 Å². The van der Waals surface area contributed by atoms with Crippen molar-refractivity contribution in [2.45, 2.75) is 0 Å². The van der Waals surface area contributed by atoms with Crippen molar-refractivity contribution in [3.05, 3.63) is 69.8 Å². The molecule has 0 saturated heterocycles. The largest absolute Gasteiger partial charge is 0.152 e. The molecule has 16 heavy (non-hydrogen) atoms. The van der Waals surface area contributed by atoms with Gasteiger partial charge in [-0.15, -0.1) is 0 Å². The second-order valence-electron chi connectivity index (χ2n) is 3.28. The highest BCUT2D eigenvalue weighted by Crippen LogP contribution is 2.18. The van der Waals surface area contributed by atoms with Crippen molar-refractivity contribution in [1.29, 1.82) is 0 Å². The van der Waals surface area contributed by atoms with E-state index in [9.17, 15) is 0 Å². The van der Waals surface area contributed by atoms with Gasteiger partial charge < -0.3 is 0 Å². The smallest absolute Gasteiger partial charge is 0.0181 e. The highest BCUT2D eigenvalue weighted by atomic mass is 79.9. The molecule has 0 saturated carbocycles. The van der Waals surface area contributed by atoms with Crippen LogP contribution in [0.15, 0.2) is 69.8 Å². The number of fused-ring (bicyclic) bond motifs is 1. The summed E-state index contributed by atoms with van der Waals surface area (Å²) in [6.07, 6.45) is 0. The standard InChI is InChI=1S/C10H7Br.C4H4S/c11-10-6-5-8-3-1-2-4-9(8)7-10;1-2-4-5-3-1/h1-7H;1-4H. The van der Waals surface area contributed by atoms with E-state index in [0.717, 1.165) is 4.47 Å². The Bertz CT molecular complexity index is 526. The fraction of sp³-hybridized carbons (Fsp3) is 0. The zero-order chi connectivity index (χ0) is 11.2. The van der Waals surface area contributed by atoms with E-state index in [1.165, 1.54) is 10.8 Å². The first-order valence-electron chi connectivity index (χ1n) is 4.98. The molecule has 0 unspecified atom stereocenters. The van der Waals surface area contributed by atoms with Gasteiger partial charge in [0.1, 0.15) is 0 Å². The lowest BCUT2D eigenvalue weighted by Crippen LogP contribution is -1.69. The minimum absolute atomic E-state index is 1.14. The summed E-state index contributed by atoms with van der Waals surface area (Å²) in [5, 5.41) is 6.65. The van der Waals surface area contributed by atoms with E-state index >= 15 is 0 Å². The summed E-state index contributed by atoms with van der Waals surface area (Å²) in [6, 6.07) is 18.7. The molecule has 0 aliphatic rings. The van der Waals surface area contributed by atoms with Crippen LogP contribution in [-0.2, 0) is 0 Å². The molecule has 0 radical (unpaired) electrons. The van der Waals surface area contributed by atoms with Crippen molar-refractivity contribution >= 4 is 38.0 Å². The first kappa shape index (κ1) is 11.4. The van der Waals surface area contributed by atoms with E-state index in [1.807, 2.05) is 22.9 Å². The van der Waals surface area contributed by atoms with Gasteiger partial charge in [0.15, 0.2) is 0 Å². The maximum absolute atomic E-state index is 3.43. The van der Waals surface area contributed by atoms with Crippen LogP contribution < -0.4 is 0 Å². The van der Waals surface area contributed by atoms with Crippen LogP contribution in [0, 0.1) is 0 Å². The summed E-state index contributed by atoms with van der Waals surface area (Å²) >= 11 is 5.15. The Morgan fingerprint density at radius 3 is 2.06 bits per heavy atom. The molecule has 0 aliphatic carbocycles. The Hall–Kier alpha value is -1.12. The quantitative estimate of drug-likeness (QED) is 0.523. The molecule has 3 rings (SSSR count). The number of hydrogen-bond acceptors (Lipinski definition) is 1. The van der Waals surface area contributed by atoms with Crippen molar-refractivity contribution in [2.75, 3.05) is 0 Å². The summed E-state index contributed by atoms with van der Waals surface area (Å²) < 4.78 is 1.14. The number of benzene rings is 2. The Kier molecular flexibility index (Phi) is 4.14. The van der Waals surface area contributed by atoms with E-state index in [-0.39, 0.29) is 0 Å².